The summed E-state index contributed by atoms with van der Waals surface area (Å²) in [5.74, 6) is 0. The molecule has 0 aliphatic rings. The highest BCUT2D eigenvalue weighted by Crippen LogP contribution is 2.25. The standard InChI is InChI=1S/C12H12BrN3S2/c1-7-6-18-10(16-7)5-15-9-4-2-3-8(13)11(9)12(14)17/h2-4,6,15H,5H2,1H3,(H2,14,17). The highest BCUT2D eigenvalue weighted by Gasteiger charge is 2.09. The van der Waals surface area contributed by atoms with Gasteiger partial charge in [0.2, 0.25) is 0 Å². The maximum atomic E-state index is 5.74. The van der Waals surface area contributed by atoms with E-state index in [-0.39, 0.29) is 0 Å². The van der Waals surface area contributed by atoms with Crippen molar-refractivity contribution in [3.05, 3.63) is 44.3 Å². The number of nitrogens with two attached hydrogens (primary N) is 1. The number of thiocarbonyl (C=S) groups is 1. The Morgan fingerprint density at radius 2 is 2.33 bits per heavy atom. The first-order valence-electron chi connectivity index (χ1n) is 5.31. The third-order valence-electron chi connectivity index (χ3n) is 2.36. The number of nitrogens with zero attached hydrogens (tertiary/aromatic N) is 1. The zero-order valence-corrected chi connectivity index (χ0v) is 13.0. The summed E-state index contributed by atoms with van der Waals surface area (Å²) < 4.78 is 0.898. The predicted octanol–water partition coefficient (Wildman–Crippen LogP) is 3.46. The predicted molar refractivity (Wildman–Crippen MR) is 84.2 cm³/mol. The van der Waals surface area contributed by atoms with Gasteiger partial charge in [-0.2, -0.15) is 0 Å². The Morgan fingerprint density at radius 3 is 2.94 bits per heavy atom. The fourth-order valence-corrected chi connectivity index (χ4v) is 3.22. The van der Waals surface area contributed by atoms with Crippen molar-refractivity contribution in [3.8, 4) is 0 Å². The summed E-state index contributed by atoms with van der Waals surface area (Å²) in [6.07, 6.45) is 0. The van der Waals surface area contributed by atoms with E-state index < -0.39 is 0 Å². The SMILES string of the molecule is Cc1csc(CNc2cccc(Br)c2C(N)=S)n1. The van der Waals surface area contributed by atoms with Gasteiger partial charge >= 0.3 is 0 Å². The summed E-state index contributed by atoms with van der Waals surface area (Å²) in [6, 6.07) is 5.83. The van der Waals surface area contributed by atoms with Crippen LogP contribution in [0.15, 0.2) is 28.1 Å². The van der Waals surface area contributed by atoms with E-state index in [0.717, 1.165) is 26.4 Å². The van der Waals surface area contributed by atoms with Crippen LogP contribution in [0.25, 0.3) is 0 Å². The van der Waals surface area contributed by atoms with Gasteiger partial charge in [-0.3, -0.25) is 0 Å². The lowest BCUT2D eigenvalue weighted by molar-refractivity contribution is 1.07. The third-order valence-corrected chi connectivity index (χ3v) is 4.19. The molecule has 0 aliphatic carbocycles. The highest BCUT2D eigenvalue weighted by atomic mass is 79.9. The molecule has 2 aromatic rings. The lowest BCUT2D eigenvalue weighted by atomic mass is 10.2. The number of thiazole rings is 1. The van der Waals surface area contributed by atoms with Crippen LogP contribution in [0.4, 0.5) is 5.69 Å². The van der Waals surface area contributed by atoms with Gasteiger partial charge in [0.1, 0.15) is 10.00 Å². The smallest absolute Gasteiger partial charge is 0.112 e. The molecular formula is C12H12BrN3S2. The van der Waals surface area contributed by atoms with E-state index in [1.54, 1.807) is 11.3 Å². The number of aromatic nitrogens is 1. The zero-order chi connectivity index (χ0) is 13.1. The Kier molecular flexibility index (Phi) is 4.31. The molecule has 2 rings (SSSR count). The van der Waals surface area contributed by atoms with Crippen LogP contribution >= 0.6 is 39.5 Å². The third kappa shape index (κ3) is 3.07. The topological polar surface area (TPSA) is 50.9 Å². The first kappa shape index (κ1) is 13.5. The van der Waals surface area contributed by atoms with Gasteiger partial charge in [0.15, 0.2) is 0 Å². The van der Waals surface area contributed by atoms with E-state index in [2.05, 4.69) is 26.2 Å². The maximum Gasteiger partial charge on any atom is 0.112 e. The Bertz CT molecular complexity index is 580. The van der Waals surface area contributed by atoms with Gasteiger partial charge in [-0.25, -0.2) is 4.98 Å². The minimum atomic E-state index is 0.375. The van der Waals surface area contributed by atoms with E-state index in [1.165, 1.54) is 0 Å². The van der Waals surface area contributed by atoms with E-state index in [1.807, 2.05) is 30.5 Å². The Labute approximate surface area is 124 Å². The molecule has 3 nitrogen and oxygen atoms in total. The molecule has 1 heterocycles. The zero-order valence-electron chi connectivity index (χ0n) is 9.74. The first-order valence-corrected chi connectivity index (χ1v) is 7.39. The van der Waals surface area contributed by atoms with Gasteiger partial charge in [0.25, 0.3) is 0 Å². The number of hydrogen-bond acceptors (Lipinski definition) is 4. The second-order valence-electron chi connectivity index (χ2n) is 3.76. The molecular weight excluding hydrogens is 330 g/mol. The van der Waals surface area contributed by atoms with Crippen LogP contribution < -0.4 is 11.1 Å². The molecule has 1 aromatic carbocycles. The van der Waals surface area contributed by atoms with E-state index >= 15 is 0 Å². The summed E-state index contributed by atoms with van der Waals surface area (Å²) in [5, 5.41) is 6.39. The molecule has 0 atom stereocenters. The van der Waals surface area contributed by atoms with Gasteiger partial charge in [0, 0.05) is 26.8 Å². The highest BCUT2D eigenvalue weighted by molar-refractivity contribution is 9.10. The molecule has 0 unspecified atom stereocenters. The van der Waals surface area contributed by atoms with Crippen LogP contribution in [-0.4, -0.2) is 9.97 Å². The molecule has 0 saturated carbocycles. The van der Waals surface area contributed by atoms with E-state index in [0.29, 0.717) is 11.5 Å². The quantitative estimate of drug-likeness (QED) is 0.836. The van der Waals surface area contributed by atoms with Gasteiger partial charge in [-0.05, 0) is 35.0 Å². The number of nitrogens with one attached hydrogen (secondary N) is 1. The molecule has 0 bridgehead atoms. The number of benzene rings is 1. The number of hydrogen-bond donors (Lipinski definition) is 2. The maximum absolute atomic E-state index is 5.74. The van der Waals surface area contributed by atoms with E-state index in [9.17, 15) is 0 Å². The van der Waals surface area contributed by atoms with E-state index in [4.69, 9.17) is 18.0 Å². The fourth-order valence-electron chi connectivity index (χ4n) is 1.58. The van der Waals surface area contributed by atoms with Crippen molar-refractivity contribution in [2.45, 2.75) is 13.5 Å². The Morgan fingerprint density at radius 1 is 1.56 bits per heavy atom. The van der Waals surface area contributed by atoms with Crippen molar-refractivity contribution in [2.75, 3.05) is 5.32 Å². The number of anilines is 1. The van der Waals surface area contributed by atoms with Crippen molar-refractivity contribution in [2.24, 2.45) is 5.73 Å². The average Bonchev–Trinajstić information content (AvgIpc) is 2.72. The van der Waals surface area contributed by atoms with Gasteiger partial charge in [0.05, 0.1) is 6.54 Å². The molecule has 3 N–H and O–H groups in total. The van der Waals surface area contributed by atoms with Crippen LogP contribution in [0.3, 0.4) is 0 Å². The summed E-state index contributed by atoms with van der Waals surface area (Å²) in [4.78, 5) is 4.78. The lowest BCUT2D eigenvalue weighted by Crippen LogP contribution is -2.14. The van der Waals surface area contributed by atoms with Gasteiger partial charge in [-0.15, -0.1) is 11.3 Å². The van der Waals surface area contributed by atoms with Crippen LogP contribution in [0.1, 0.15) is 16.3 Å². The lowest BCUT2D eigenvalue weighted by Gasteiger charge is -2.11. The van der Waals surface area contributed by atoms with Crippen molar-refractivity contribution in [1.82, 2.24) is 4.98 Å². The van der Waals surface area contributed by atoms with Crippen LogP contribution in [0.2, 0.25) is 0 Å². The Hall–Kier alpha value is -0.980. The number of aryl methyl sites for hydroxylation is 1. The summed E-state index contributed by atoms with van der Waals surface area (Å²) in [6.45, 7) is 2.66. The van der Waals surface area contributed by atoms with Crippen LogP contribution in [0, 0.1) is 6.92 Å². The Balaban J connectivity index is 2.19. The van der Waals surface area contributed by atoms with Gasteiger partial charge in [-0.1, -0.05) is 18.3 Å². The molecule has 0 amide bonds. The minimum Gasteiger partial charge on any atom is -0.389 e. The number of halogens is 1. The monoisotopic (exact) mass is 341 g/mol. The minimum absolute atomic E-state index is 0.375. The van der Waals surface area contributed by atoms with Crippen molar-refractivity contribution in [1.29, 1.82) is 0 Å². The fraction of sp³-hybridized carbons (Fsp3) is 0.167. The average molecular weight is 342 g/mol. The van der Waals surface area contributed by atoms with Gasteiger partial charge < -0.3 is 11.1 Å². The normalized spacial score (nSPS) is 10.3. The van der Waals surface area contributed by atoms with Crippen LogP contribution in [-0.2, 0) is 6.54 Å². The molecule has 0 fully saturated rings. The molecule has 0 spiro atoms. The molecule has 94 valence electrons. The second-order valence-corrected chi connectivity index (χ2v) is 6.00. The first-order chi connectivity index (χ1) is 8.58. The molecule has 1 aromatic heterocycles. The largest absolute Gasteiger partial charge is 0.389 e. The second kappa shape index (κ2) is 5.77. The molecule has 6 heteroatoms. The van der Waals surface area contributed by atoms with Crippen molar-refractivity contribution >= 4 is 50.2 Å². The number of rotatable bonds is 4. The van der Waals surface area contributed by atoms with Crippen molar-refractivity contribution < 1.29 is 0 Å². The van der Waals surface area contributed by atoms with Crippen LogP contribution in [0.5, 0.6) is 0 Å². The summed E-state index contributed by atoms with van der Waals surface area (Å²) in [5.41, 5.74) is 8.53. The summed E-state index contributed by atoms with van der Waals surface area (Å²) >= 11 is 10.2. The molecule has 0 aliphatic heterocycles. The van der Waals surface area contributed by atoms with Crippen molar-refractivity contribution in [3.63, 3.8) is 0 Å². The summed E-state index contributed by atoms with van der Waals surface area (Å²) in [7, 11) is 0. The molecule has 0 saturated heterocycles. The molecule has 18 heavy (non-hydrogen) atoms. The molecule has 0 radical (unpaired) electrons.